The lowest BCUT2D eigenvalue weighted by molar-refractivity contribution is 0.0918. The van der Waals surface area contributed by atoms with Crippen LogP contribution in [-0.2, 0) is 0 Å². The van der Waals surface area contributed by atoms with Gasteiger partial charge in [-0.25, -0.2) is 0 Å². The zero-order chi connectivity index (χ0) is 12.9. The Morgan fingerprint density at radius 3 is 2.47 bits per heavy atom. The predicted octanol–water partition coefficient (Wildman–Crippen LogP) is 3.37. The third kappa shape index (κ3) is 3.80. The molecule has 0 fully saturated rings. The van der Waals surface area contributed by atoms with Gasteiger partial charge in [-0.15, -0.1) is 35.0 Å². The number of alkyl halides is 2. The summed E-state index contributed by atoms with van der Waals surface area (Å²) in [6.45, 7) is 1.83. The topological polar surface area (TPSA) is 29.1 Å². The number of hydrogen-bond acceptors (Lipinski definition) is 2. The van der Waals surface area contributed by atoms with Crippen LogP contribution >= 0.6 is 35.0 Å². The molecule has 0 saturated heterocycles. The molecular formula is C12H15Cl2NOS. The van der Waals surface area contributed by atoms with Crippen LogP contribution in [0.15, 0.2) is 29.2 Å². The summed E-state index contributed by atoms with van der Waals surface area (Å²) in [5.41, 5.74) is 0.0765. The van der Waals surface area contributed by atoms with Gasteiger partial charge in [0.2, 0.25) is 0 Å². The van der Waals surface area contributed by atoms with Crippen molar-refractivity contribution in [1.29, 1.82) is 0 Å². The quantitative estimate of drug-likeness (QED) is 0.666. The Hall–Kier alpha value is -0.380. The Labute approximate surface area is 116 Å². The molecule has 1 aromatic carbocycles. The molecule has 1 N–H and O–H groups in total. The first-order chi connectivity index (χ1) is 8.06. The van der Waals surface area contributed by atoms with E-state index in [-0.39, 0.29) is 17.7 Å². The maximum absolute atomic E-state index is 12.1. The van der Waals surface area contributed by atoms with Gasteiger partial charge < -0.3 is 5.32 Å². The Bertz CT molecular complexity index is 394. The lowest BCUT2D eigenvalue weighted by atomic mass is 10.1. The van der Waals surface area contributed by atoms with E-state index in [1.165, 1.54) is 11.8 Å². The number of carbonyl (C=O) groups is 1. The Morgan fingerprint density at radius 2 is 1.94 bits per heavy atom. The van der Waals surface area contributed by atoms with Gasteiger partial charge in [-0.1, -0.05) is 12.1 Å². The molecule has 0 bridgehead atoms. The number of carbonyl (C=O) groups excluding carboxylic acids is 1. The first-order valence-electron chi connectivity index (χ1n) is 5.14. The van der Waals surface area contributed by atoms with Crippen LogP contribution in [-0.4, -0.2) is 29.5 Å². The largest absolute Gasteiger partial charge is 0.344 e. The summed E-state index contributed by atoms with van der Waals surface area (Å²) in [5, 5.41) is 2.87. The standard InChI is InChI=1S/C12H15Cl2NOS/c1-12(7-13,8-14)15-11(16)9-5-3-4-6-10(9)17-2/h3-6H,7-8H2,1-2H3,(H,15,16). The fraction of sp³-hybridized carbons (Fsp3) is 0.417. The van der Waals surface area contributed by atoms with Gasteiger partial charge in [-0.3, -0.25) is 4.79 Å². The molecule has 2 nitrogen and oxygen atoms in total. The van der Waals surface area contributed by atoms with Gasteiger partial charge in [0.15, 0.2) is 0 Å². The maximum Gasteiger partial charge on any atom is 0.252 e. The van der Waals surface area contributed by atoms with E-state index in [1.54, 1.807) is 6.07 Å². The molecule has 0 aliphatic rings. The van der Waals surface area contributed by atoms with Crippen LogP contribution in [0.4, 0.5) is 0 Å². The highest BCUT2D eigenvalue weighted by Crippen LogP contribution is 2.20. The normalized spacial score (nSPS) is 11.3. The van der Waals surface area contributed by atoms with E-state index >= 15 is 0 Å². The van der Waals surface area contributed by atoms with Crippen molar-refractivity contribution in [1.82, 2.24) is 5.32 Å². The van der Waals surface area contributed by atoms with Crippen molar-refractivity contribution in [2.75, 3.05) is 18.0 Å². The van der Waals surface area contributed by atoms with Crippen molar-refractivity contribution >= 4 is 40.9 Å². The van der Waals surface area contributed by atoms with Crippen molar-refractivity contribution < 1.29 is 4.79 Å². The number of hydrogen-bond donors (Lipinski definition) is 1. The van der Waals surface area contributed by atoms with Crippen LogP contribution in [0.3, 0.4) is 0 Å². The van der Waals surface area contributed by atoms with Crippen molar-refractivity contribution in [3.8, 4) is 0 Å². The Kier molecular flexibility index (Phi) is 5.63. The second-order valence-electron chi connectivity index (χ2n) is 3.98. The van der Waals surface area contributed by atoms with Gasteiger partial charge in [0.1, 0.15) is 0 Å². The van der Waals surface area contributed by atoms with Crippen LogP contribution in [0.1, 0.15) is 17.3 Å². The molecule has 0 aliphatic carbocycles. The number of thioether (sulfide) groups is 1. The lowest BCUT2D eigenvalue weighted by Gasteiger charge is -2.26. The monoisotopic (exact) mass is 291 g/mol. The summed E-state index contributed by atoms with van der Waals surface area (Å²) in [7, 11) is 0. The van der Waals surface area contributed by atoms with Crippen LogP contribution < -0.4 is 5.32 Å². The highest BCUT2D eigenvalue weighted by atomic mass is 35.5. The van der Waals surface area contributed by atoms with E-state index in [2.05, 4.69) is 5.32 Å². The summed E-state index contributed by atoms with van der Waals surface area (Å²) >= 11 is 13.2. The third-order valence-electron chi connectivity index (χ3n) is 2.36. The number of halogens is 2. The van der Waals surface area contributed by atoms with Gasteiger partial charge >= 0.3 is 0 Å². The van der Waals surface area contributed by atoms with Crippen LogP contribution in [0.25, 0.3) is 0 Å². The molecule has 0 unspecified atom stereocenters. The van der Waals surface area contributed by atoms with Gasteiger partial charge in [0, 0.05) is 16.7 Å². The minimum Gasteiger partial charge on any atom is -0.344 e. The van der Waals surface area contributed by atoms with E-state index in [0.29, 0.717) is 5.56 Å². The molecule has 0 atom stereocenters. The molecule has 0 radical (unpaired) electrons. The minimum absolute atomic E-state index is 0.140. The Balaban J connectivity index is 2.90. The fourth-order valence-electron chi connectivity index (χ4n) is 1.28. The SMILES string of the molecule is CSc1ccccc1C(=O)NC(C)(CCl)CCl. The Morgan fingerprint density at radius 1 is 1.35 bits per heavy atom. The lowest BCUT2D eigenvalue weighted by Crippen LogP contribution is -2.49. The number of benzene rings is 1. The van der Waals surface area contributed by atoms with Crippen molar-refractivity contribution in [2.45, 2.75) is 17.4 Å². The summed E-state index contributed by atoms with van der Waals surface area (Å²) in [4.78, 5) is 13.1. The fourth-order valence-corrected chi connectivity index (χ4v) is 2.29. The average molecular weight is 292 g/mol. The molecular weight excluding hydrogens is 277 g/mol. The zero-order valence-corrected chi connectivity index (χ0v) is 12.1. The van der Waals surface area contributed by atoms with Crippen molar-refractivity contribution in [2.24, 2.45) is 0 Å². The predicted molar refractivity (Wildman–Crippen MR) is 75.5 cm³/mol. The second kappa shape index (κ2) is 6.53. The zero-order valence-electron chi connectivity index (χ0n) is 9.80. The van der Waals surface area contributed by atoms with Crippen LogP contribution in [0, 0.1) is 0 Å². The van der Waals surface area contributed by atoms with Crippen molar-refractivity contribution in [3.63, 3.8) is 0 Å². The molecule has 1 rings (SSSR count). The first kappa shape index (κ1) is 14.7. The number of rotatable bonds is 5. The molecule has 0 aliphatic heterocycles. The van der Waals surface area contributed by atoms with E-state index in [0.717, 1.165) is 4.90 Å². The highest BCUT2D eigenvalue weighted by Gasteiger charge is 2.25. The van der Waals surface area contributed by atoms with E-state index in [1.807, 2.05) is 31.4 Å². The summed E-state index contributed by atoms with van der Waals surface area (Å²) in [6, 6.07) is 7.46. The number of amides is 1. The number of nitrogens with one attached hydrogen (secondary N) is 1. The smallest absolute Gasteiger partial charge is 0.252 e. The highest BCUT2D eigenvalue weighted by molar-refractivity contribution is 7.98. The average Bonchev–Trinajstić information content (AvgIpc) is 2.38. The molecule has 0 saturated carbocycles. The third-order valence-corrected chi connectivity index (χ3v) is 4.33. The first-order valence-corrected chi connectivity index (χ1v) is 7.43. The summed E-state index contributed by atoms with van der Waals surface area (Å²) in [5.74, 6) is 0.423. The van der Waals surface area contributed by atoms with Crippen LogP contribution in [0.2, 0.25) is 0 Å². The van der Waals surface area contributed by atoms with Crippen LogP contribution in [0.5, 0.6) is 0 Å². The minimum atomic E-state index is -0.578. The molecule has 0 heterocycles. The van der Waals surface area contributed by atoms with Gasteiger partial charge in [0.05, 0.1) is 11.1 Å². The summed E-state index contributed by atoms with van der Waals surface area (Å²) in [6.07, 6.45) is 1.94. The summed E-state index contributed by atoms with van der Waals surface area (Å²) < 4.78 is 0. The molecule has 0 spiro atoms. The second-order valence-corrected chi connectivity index (χ2v) is 5.36. The van der Waals surface area contributed by atoms with E-state index in [4.69, 9.17) is 23.2 Å². The molecule has 1 amide bonds. The van der Waals surface area contributed by atoms with Gasteiger partial charge in [0.25, 0.3) is 5.91 Å². The molecule has 17 heavy (non-hydrogen) atoms. The van der Waals surface area contributed by atoms with E-state index in [9.17, 15) is 4.79 Å². The molecule has 5 heteroatoms. The maximum atomic E-state index is 12.1. The van der Waals surface area contributed by atoms with Gasteiger partial charge in [-0.05, 0) is 25.3 Å². The molecule has 0 aromatic heterocycles. The van der Waals surface area contributed by atoms with Gasteiger partial charge in [-0.2, -0.15) is 0 Å². The molecule has 1 aromatic rings. The molecule has 94 valence electrons. The van der Waals surface area contributed by atoms with Crippen molar-refractivity contribution in [3.05, 3.63) is 29.8 Å². The van der Waals surface area contributed by atoms with E-state index < -0.39 is 5.54 Å².